The van der Waals surface area contributed by atoms with Crippen molar-refractivity contribution in [2.45, 2.75) is 25.0 Å². The van der Waals surface area contributed by atoms with E-state index in [1.807, 2.05) is 23.1 Å². The van der Waals surface area contributed by atoms with E-state index < -0.39 is 31.7 Å². The number of aromatic nitrogens is 1. The van der Waals surface area contributed by atoms with Crippen LogP contribution in [-0.4, -0.2) is 44.0 Å². The molecule has 0 spiro atoms. The van der Waals surface area contributed by atoms with E-state index in [-0.39, 0.29) is 19.5 Å². The molecule has 0 fully saturated rings. The minimum atomic E-state index is -4.44. The highest BCUT2D eigenvalue weighted by molar-refractivity contribution is 8.03. The summed E-state index contributed by atoms with van der Waals surface area (Å²) in [6, 6.07) is 7.08. The van der Waals surface area contributed by atoms with Crippen LogP contribution >= 0.6 is 34.7 Å². The number of aryl methyl sites for hydroxylation is 2. The minimum Gasteiger partial charge on any atom is -0.748 e. The van der Waals surface area contributed by atoms with Gasteiger partial charge in [0.2, 0.25) is 5.52 Å². The van der Waals surface area contributed by atoms with Crippen LogP contribution in [0.25, 0.3) is 16.3 Å². The van der Waals surface area contributed by atoms with Gasteiger partial charge in [0.1, 0.15) is 20.6 Å². The third-order valence-corrected chi connectivity index (χ3v) is 8.68. The molecule has 0 radical (unpaired) electrons. The first kappa shape index (κ1) is 24.5. The fourth-order valence-corrected chi connectivity index (χ4v) is 6.81. The zero-order valence-corrected chi connectivity index (χ0v) is 21.2. The maximum atomic E-state index is 11.3. The largest absolute Gasteiger partial charge is 0.748 e. The van der Waals surface area contributed by atoms with Crippen LogP contribution in [-0.2, 0) is 26.8 Å². The van der Waals surface area contributed by atoms with Gasteiger partial charge in [-0.25, -0.2) is 16.8 Å². The lowest BCUT2D eigenvalue weighted by atomic mass is 10.3. The molecule has 0 aliphatic carbocycles. The molecule has 0 N–H and O–H groups in total. The third-order valence-electron chi connectivity index (χ3n) is 4.84. The molecule has 0 saturated heterocycles. The van der Waals surface area contributed by atoms with E-state index in [1.165, 1.54) is 23.1 Å². The van der Waals surface area contributed by atoms with E-state index >= 15 is 0 Å². The molecule has 1 aliphatic rings. The Bertz CT molecular complexity index is 1460. The number of furan rings is 1. The van der Waals surface area contributed by atoms with Crippen LogP contribution in [0, 0.1) is 6.92 Å². The Labute approximate surface area is 204 Å². The van der Waals surface area contributed by atoms with Gasteiger partial charge in [0.05, 0.1) is 32.7 Å². The Morgan fingerprint density at radius 2 is 1.88 bits per heavy atom. The number of anilines is 1. The Balaban J connectivity index is 1.74. The summed E-state index contributed by atoms with van der Waals surface area (Å²) in [5.41, 5.74) is 1.47. The van der Waals surface area contributed by atoms with Crippen molar-refractivity contribution in [2.75, 3.05) is 23.0 Å². The van der Waals surface area contributed by atoms with Crippen LogP contribution in [0.3, 0.4) is 0 Å². The third kappa shape index (κ3) is 5.91. The zero-order chi connectivity index (χ0) is 24.0. The number of thiazole rings is 1. The van der Waals surface area contributed by atoms with E-state index in [1.54, 1.807) is 23.6 Å². The Kier molecular flexibility index (Phi) is 6.84. The molecule has 0 saturated carbocycles. The Morgan fingerprint density at radius 3 is 2.58 bits per heavy atom. The first-order valence-electron chi connectivity index (χ1n) is 9.66. The molecular formula is C19H18ClN2O7S4-. The molecule has 3 aromatic rings. The fourth-order valence-electron chi connectivity index (χ4n) is 3.47. The summed E-state index contributed by atoms with van der Waals surface area (Å²) in [6.07, 6.45) is 1.96. The standard InChI is InChI=1S/C19H19ClN2O7S4/c1-12-9-15-19(29-12)31-18(21(15)5-2-7-32(23,24)25)11-17-22(6-8-33(26,27)28)14-10-13(20)3-4-16(14)30-17/h3-4,9-11H,2,5-8H2,1H3,(H-,23,24,25,26,27,28)/p-1. The topological polar surface area (TPSA) is 135 Å². The van der Waals surface area contributed by atoms with Crippen molar-refractivity contribution in [3.63, 3.8) is 0 Å². The SMILES string of the molecule is Cc1cc2c(o1)SC(=Cc1sc3ccc(Cl)cc3[n+]1CCS(=O)(=O)[O-])N2CCCS(=O)(=O)[O-]. The average molecular weight is 550 g/mol. The van der Waals surface area contributed by atoms with Gasteiger partial charge in [0, 0.05) is 29.5 Å². The number of nitrogens with zero attached hydrogens (tertiary/aromatic N) is 2. The molecule has 33 heavy (non-hydrogen) atoms. The van der Waals surface area contributed by atoms with E-state index in [0.29, 0.717) is 26.4 Å². The molecule has 2 aromatic heterocycles. The number of halogens is 1. The van der Waals surface area contributed by atoms with Crippen molar-refractivity contribution in [3.05, 3.63) is 45.1 Å². The van der Waals surface area contributed by atoms with Gasteiger partial charge in [-0.15, -0.1) is 0 Å². The minimum absolute atomic E-state index is 0.0486. The highest BCUT2D eigenvalue weighted by Crippen LogP contribution is 2.48. The van der Waals surface area contributed by atoms with Crippen molar-refractivity contribution in [1.29, 1.82) is 0 Å². The number of benzene rings is 1. The zero-order valence-electron chi connectivity index (χ0n) is 17.2. The first-order chi connectivity index (χ1) is 15.4. The van der Waals surface area contributed by atoms with Crippen LogP contribution in [0.5, 0.6) is 0 Å². The van der Waals surface area contributed by atoms with Crippen molar-refractivity contribution in [3.8, 4) is 0 Å². The smallest absolute Gasteiger partial charge is 0.265 e. The second kappa shape index (κ2) is 9.21. The monoisotopic (exact) mass is 549 g/mol. The van der Waals surface area contributed by atoms with E-state index in [0.717, 1.165) is 15.4 Å². The van der Waals surface area contributed by atoms with Crippen LogP contribution in [0.15, 0.2) is 38.8 Å². The lowest BCUT2D eigenvalue weighted by Crippen LogP contribution is -2.38. The van der Waals surface area contributed by atoms with Gasteiger partial charge < -0.3 is 18.4 Å². The summed E-state index contributed by atoms with van der Waals surface area (Å²) < 4.78 is 75.3. The number of thioether (sulfide) groups is 1. The predicted octanol–water partition coefficient (Wildman–Crippen LogP) is 3.13. The molecule has 0 amide bonds. The van der Waals surface area contributed by atoms with Gasteiger partial charge in [-0.1, -0.05) is 22.9 Å². The molecule has 1 aromatic carbocycles. The molecule has 4 rings (SSSR count). The summed E-state index contributed by atoms with van der Waals surface area (Å²) >= 11 is 8.88. The second-order valence-electron chi connectivity index (χ2n) is 7.35. The van der Waals surface area contributed by atoms with E-state index in [4.69, 9.17) is 16.0 Å². The number of hydrogen-bond acceptors (Lipinski definition) is 10. The average Bonchev–Trinajstić information content (AvgIpc) is 3.30. The Hall–Kier alpha value is -1.61. The molecule has 1 aliphatic heterocycles. The van der Waals surface area contributed by atoms with Gasteiger partial charge in [-0.3, -0.25) is 0 Å². The van der Waals surface area contributed by atoms with Crippen LogP contribution in [0.4, 0.5) is 5.69 Å². The summed E-state index contributed by atoms with van der Waals surface area (Å²) in [7, 11) is -8.78. The summed E-state index contributed by atoms with van der Waals surface area (Å²) in [5, 5.41) is 2.52. The quantitative estimate of drug-likeness (QED) is 0.306. The molecule has 178 valence electrons. The molecule has 0 unspecified atom stereocenters. The molecule has 3 heterocycles. The first-order valence-corrected chi connectivity index (χ1v) is 14.8. The van der Waals surface area contributed by atoms with Crippen molar-refractivity contribution in [1.82, 2.24) is 0 Å². The lowest BCUT2D eigenvalue weighted by molar-refractivity contribution is -0.664. The van der Waals surface area contributed by atoms with Crippen LogP contribution in [0.2, 0.25) is 5.02 Å². The van der Waals surface area contributed by atoms with Crippen molar-refractivity contribution >= 4 is 76.9 Å². The summed E-state index contributed by atoms with van der Waals surface area (Å²) in [5.74, 6) is -0.374. The molecule has 14 heteroatoms. The maximum absolute atomic E-state index is 11.3. The van der Waals surface area contributed by atoms with Gasteiger partial charge in [-0.05, 0) is 37.2 Å². The highest BCUT2D eigenvalue weighted by Gasteiger charge is 2.31. The summed E-state index contributed by atoms with van der Waals surface area (Å²) in [4.78, 5) is 1.87. The van der Waals surface area contributed by atoms with Gasteiger partial charge in [-0.2, -0.15) is 4.57 Å². The second-order valence-corrected chi connectivity index (χ2v) is 12.9. The number of fused-ring (bicyclic) bond motifs is 2. The molecule has 0 atom stereocenters. The molecule has 0 bridgehead atoms. The van der Waals surface area contributed by atoms with E-state index in [2.05, 4.69) is 0 Å². The lowest BCUT2D eigenvalue weighted by Gasteiger charge is -2.19. The summed E-state index contributed by atoms with van der Waals surface area (Å²) in [6.45, 7) is 2.03. The van der Waals surface area contributed by atoms with Gasteiger partial charge in [0.15, 0.2) is 11.6 Å². The highest BCUT2D eigenvalue weighted by atomic mass is 35.5. The van der Waals surface area contributed by atoms with Gasteiger partial charge >= 0.3 is 0 Å². The van der Waals surface area contributed by atoms with Gasteiger partial charge in [0.25, 0.3) is 5.01 Å². The molecular weight excluding hydrogens is 532 g/mol. The number of hydrogen-bond donors (Lipinski definition) is 0. The fraction of sp³-hybridized carbons (Fsp3) is 0.316. The normalized spacial score (nSPS) is 15.6. The molecule has 9 nitrogen and oxygen atoms in total. The van der Waals surface area contributed by atoms with E-state index in [9.17, 15) is 25.9 Å². The van der Waals surface area contributed by atoms with Crippen LogP contribution in [0.1, 0.15) is 17.2 Å². The maximum Gasteiger partial charge on any atom is 0.265 e. The Morgan fingerprint density at radius 1 is 1.15 bits per heavy atom. The number of rotatable bonds is 8. The predicted molar refractivity (Wildman–Crippen MR) is 125 cm³/mol. The van der Waals surface area contributed by atoms with Crippen molar-refractivity contribution < 1.29 is 34.9 Å². The van der Waals surface area contributed by atoms with Crippen molar-refractivity contribution in [2.24, 2.45) is 0 Å². The van der Waals surface area contributed by atoms with Crippen LogP contribution < -0.4 is 9.47 Å².